The van der Waals surface area contributed by atoms with Crippen molar-refractivity contribution in [3.05, 3.63) is 49.6 Å². The Labute approximate surface area is 165 Å². The maximum atomic E-state index is 13.3. The van der Waals surface area contributed by atoms with Crippen LogP contribution in [0.1, 0.15) is 26.5 Å². The van der Waals surface area contributed by atoms with E-state index in [1.165, 1.54) is 5.38 Å². The SMILES string of the molecule is NCc1nc(-c2c(CC(F)F)cc3c(=O)c(C(=O)O)c[nH]c3c2CC(F)F)cs1. The zero-order chi connectivity index (χ0) is 21.3. The molecule has 4 N–H and O–H groups in total. The number of carboxylic acid groups (broad SMARTS) is 1. The van der Waals surface area contributed by atoms with Gasteiger partial charge in [-0.3, -0.25) is 4.79 Å². The zero-order valence-corrected chi connectivity index (χ0v) is 15.5. The van der Waals surface area contributed by atoms with Crippen LogP contribution in [0.4, 0.5) is 17.6 Å². The Hall–Kier alpha value is -2.79. The third-order valence-corrected chi connectivity index (χ3v) is 5.18. The highest BCUT2D eigenvalue weighted by Crippen LogP contribution is 2.35. The van der Waals surface area contributed by atoms with Gasteiger partial charge in [-0.2, -0.15) is 0 Å². The molecule has 2 aromatic heterocycles. The average Bonchev–Trinajstić information content (AvgIpc) is 3.10. The van der Waals surface area contributed by atoms with E-state index in [9.17, 15) is 27.2 Å². The Kier molecular flexibility index (Phi) is 5.99. The number of thiazole rings is 1. The van der Waals surface area contributed by atoms with Crippen LogP contribution in [0, 0.1) is 0 Å². The summed E-state index contributed by atoms with van der Waals surface area (Å²) in [6.07, 6.45) is -6.40. The van der Waals surface area contributed by atoms with E-state index in [-0.39, 0.29) is 39.8 Å². The first-order chi connectivity index (χ1) is 13.7. The molecule has 0 unspecified atom stereocenters. The quantitative estimate of drug-likeness (QED) is 0.499. The van der Waals surface area contributed by atoms with Crippen molar-refractivity contribution in [3.8, 4) is 11.3 Å². The van der Waals surface area contributed by atoms with E-state index >= 15 is 0 Å². The summed E-state index contributed by atoms with van der Waals surface area (Å²) in [7, 11) is 0. The molecule has 3 aromatic rings. The molecule has 0 atom stereocenters. The Morgan fingerprint density at radius 2 is 1.93 bits per heavy atom. The summed E-state index contributed by atoms with van der Waals surface area (Å²) in [4.78, 5) is 30.6. The van der Waals surface area contributed by atoms with Crippen molar-refractivity contribution in [1.82, 2.24) is 9.97 Å². The number of carboxylic acids is 1. The Morgan fingerprint density at radius 3 is 2.48 bits per heavy atom. The van der Waals surface area contributed by atoms with Crippen LogP contribution in [-0.2, 0) is 19.4 Å². The highest BCUT2D eigenvalue weighted by molar-refractivity contribution is 7.09. The minimum atomic E-state index is -2.84. The molecule has 154 valence electrons. The standard InChI is InChI=1S/C18H15F4N3O3S/c19-12(20)2-7-1-9-16(24-5-10(17(9)26)18(27)28)8(3-13(21)22)15(7)11-6-29-14(4-23)25-11/h1,5-6,12-13H,2-4,23H2,(H,24,26)(H,27,28). The fourth-order valence-corrected chi connectivity index (χ4v) is 3.85. The maximum absolute atomic E-state index is 13.3. The van der Waals surface area contributed by atoms with Crippen LogP contribution in [0.25, 0.3) is 22.2 Å². The van der Waals surface area contributed by atoms with Crippen LogP contribution in [-0.4, -0.2) is 33.9 Å². The average molecular weight is 429 g/mol. The van der Waals surface area contributed by atoms with E-state index in [1.54, 1.807) is 0 Å². The molecule has 0 aliphatic carbocycles. The van der Waals surface area contributed by atoms with Gasteiger partial charge < -0.3 is 15.8 Å². The normalized spacial score (nSPS) is 11.7. The molecule has 0 radical (unpaired) electrons. The molecule has 0 saturated carbocycles. The van der Waals surface area contributed by atoms with E-state index in [2.05, 4.69) is 9.97 Å². The third kappa shape index (κ3) is 4.15. The first-order valence-corrected chi connectivity index (χ1v) is 9.25. The zero-order valence-electron chi connectivity index (χ0n) is 14.7. The van der Waals surface area contributed by atoms with Gasteiger partial charge in [-0.1, -0.05) is 0 Å². The number of aromatic amines is 1. The lowest BCUT2D eigenvalue weighted by Crippen LogP contribution is -2.17. The number of rotatable bonds is 7. The lowest BCUT2D eigenvalue weighted by atomic mass is 9.91. The molecule has 6 nitrogen and oxygen atoms in total. The van der Waals surface area contributed by atoms with Gasteiger partial charge >= 0.3 is 5.97 Å². The molecule has 0 aliphatic rings. The topological polar surface area (TPSA) is 109 Å². The second-order valence-corrected chi connectivity index (χ2v) is 7.11. The van der Waals surface area contributed by atoms with Crippen molar-refractivity contribution in [1.29, 1.82) is 0 Å². The number of aromatic nitrogens is 2. The van der Waals surface area contributed by atoms with E-state index in [1.807, 2.05) is 0 Å². The molecule has 0 saturated heterocycles. The number of nitrogens with two attached hydrogens (primary N) is 1. The molecule has 0 bridgehead atoms. The number of pyridine rings is 1. The van der Waals surface area contributed by atoms with Gasteiger partial charge in [-0.15, -0.1) is 11.3 Å². The summed E-state index contributed by atoms with van der Waals surface area (Å²) in [6, 6.07) is 1.12. The predicted octanol–water partition coefficient (Wildman–Crippen LogP) is 3.42. The van der Waals surface area contributed by atoms with Gasteiger partial charge in [-0.05, 0) is 17.2 Å². The number of fused-ring (bicyclic) bond motifs is 1. The predicted molar refractivity (Wildman–Crippen MR) is 99.9 cm³/mol. The number of nitrogens with one attached hydrogen (secondary N) is 1. The number of nitrogens with zero attached hydrogens (tertiary/aromatic N) is 1. The van der Waals surface area contributed by atoms with Gasteiger partial charge in [0.05, 0.1) is 11.2 Å². The summed E-state index contributed by atoms with van der Waals surface area (Å²) in [6.45, 7) is 0.0887. The van der Waals surface area contributed by atoms with Crippen molar-refractivity contribution in [2.45, 2.75) is 32.2 Å². The van der Waals surface area contributed by atoms with Crippen LogP contribution in [0.3, 0.4) is 0 Å². The van der Waals surface area contributed by atoms with Crippen LogP contribution in [0.15, 0.2) is 22.4 Å². The fourth-order valence-electron chi connectivity index (χ4n) is 3.18. The fraction of sp³-hybridized carbons (Fsp3) is 0.278. The smallest absolute Gasteiger partial charge is 0.341 e. The van der Waals surface area contributed by atoms with Crippen LogP contribution in [0.5, 0.6) is 0 Å². The summed E-state index contributed by atoms with van der Waals surface area (Å²) in [5.74, 6) is -1.52. The molecule has 2 heterocycles. The molecule has 0 aliphatic heterocycles. The van der Waals surface area contributed by atoms with Gasteiger partial charge in [0.1, 0.15) is 10.6 Å². The molecule has 0 amide bonds. The Balaban J connectivity index is 2.43. The van der Waals surface area contributed by atoms with Crippen molar-refractivity contribution in [3.63, 3.8) is 0 Å². The van der Waals surface area contributed by atoms with Gasteiger partial charge in [0.25, 0.3) is 0 Å². The van der Waals surface area contributed by atoms with E-state index in [4.69, 9.17) is 10.8 Å². The van der Waals surface area contributed by atoms with E-state index in [0.717, 1.165) is 23.6 Å². The molecule has 0 spiro atoms. The molecule has 1 aromatic carbocycles. The molecule has 29 heavy (non-hydrogen) atoms. The lowest BCUT2D eigenvalue weighted by Gasteiger charge is -2.17. The first kappa shape index (κ1) is 20.9. The molecule has 11 heteroatoms. The highest BCUT2D eigenvalue weighted by atomic mass is 32.1. The minimum Gasteiger partial charge on any atom is -0.477 e. The van der Waals surface area contributed by atoms with Crippen molar-refractivity contribution >= 4 is 28.2 Å². The lowest BCUT2D eigenvalue weighted by molar-refractivity contribution is 0.0695. The summed E-state index contributed by atoms with van der Waals surface area (Å²) in [5.41, 5.74) is 4.09. The summed E-state index contributed by atoms with van der Waals surface area (Å²) < 4.78 is 53.1. The number of benzene rings is 1. The molecular formula is C18H15F4N3O3S. The first-order valence-electron chi connectivity index (χ1n) is 8.37. The summed E-state index contributed by atoms with van der Waals surface area (Å²) in [5, 5.41) is 10.9. The number of alkyl halides is 4. The number of H-pyrrole nitrogens is 1. The van der Waals surface area contributed by atoms with Crippen LogP contribution >= 0.6 is 11.3 Å². The number of carbonyl (C=O) groups is 1. The highest BCUT2D eigenvalue weighted by Gasteiger charge is 2.24. The number of halogens is 4. The monoisotopic (exact) mass is 429 g/mol. The maximum Gasteiger partial charge on any atom is 0.341 e. The van der Waals surface area contributed by atoms with Gasteiger partial charge in [0, 0.05) is 41.9 Å². The molecular weight excluding hydrogens is 414 g/mol. The van der Waals surface area contributed by atoms with Crippen LogP contribution in [0.2, 0.25) is 0 Å². The van der Waals surface area contributed by atoms with Crippen LogP contribution < -0.4 is 11.2 Å². The van der Waals surface area contributed by atoms with Gasteiger partial charge in [-0.25, -0.2) is 27.3 Å². The Bertz CT molecular complexity index is 1130. The second kappa shape index (κ2) is 8.29. The third-order valence-electron chi connectivity index (χ3n) is 4.31. The van der Waals surface area contributed by atoms with Crippen molar-refractivity contribution in [2.75, 3.05) is 0 Å². The van der Waals surface area contributed by atoms with E-state index in [0.29, 0.717) is 5.01 Å². The van der Waals surface area contributed by atoms with Crippen molar-refractivity contribution < 1.29 is 27.5 Å². The molecule has 0 fully saturated rings. The molecule has 3 rings (SSSR count). The largest absolute Gasteiger partial charge is 0.477 e. The summed E-state index contributed by atoms with van der Waals surface area (Å²) >= 11 is 1.15. The van der Waals surface area contributed by atoms with E-state index < -0.39 is 42.7 Å². The minimum absolute atomic E-state index is 0.0318. The number of hydrogen-bond donors (Lipinski definition) is 3. The number of hydrogen-bond acceptors (Lipinski definition) is 5. The number of aromatic carboxylic acids is 1. The second-order valence-electron chi connectivity index (χ2n) is 6.17. The van der Waals surface area contributed by atoms with Crippen molar-refractivity contribution in [2.24, 2.45) is 5.73 Å². The van der Waals surface area contributed by atoms with Gasteiger partial charge in [0.15, 0.2) is 0 Å². The van der Waals surface area contributed by atoms with Gasteiger partial charge in [0.2, 0.25) is 18.3 Å². The Morgan fingerprint density at radius 1 is 1.24 bits per heavy atom.